The van der Waals surface area contributed by atoms with Crippen molar-refractivity contribution in [2.45, 2.75) is 49.5 Å². The van der Waals surface area contributed by atoms with E-state index in [1.54, 1.807) is 4.90 Å². The van der Waals surface area contributed by atoms with Gasteiger partial charge in [0.1, 0.15) is 5.82 Å². The Morgan fingerprint density at radius 3 is 2.11 bits per heavy atom. The predicted octanol–water partition coefficient (Wildman–Crippen LogP) is 5.79. The molecule has 2 saturated heterocycles. The van der Waals surface area contributed by atoms with Gasteiger partial charge in [-0.05, 0) is 24.0 Å². The first-order valence-electron chi connectivity index (χ1n) is 17.1. The minimum atomic E-state index is -4.55. The molecule has 4 heterocycles. The van der Waals surface area contributed by atoms with E-state index < -0.39 is 12.8 Å². The maximum absolute atomic E-state index is 13.7. The predicted molar refractivity (Wildman–Crippen MR) is 195 cm³/mol. The molecule has 1 saturated carbocycles. The third kappa shape index (κ3) is 9.29. The van der Waals surface area contributed by atoms with Crippen LogP contribution in [-0.4, -0.2) is 112 Å². The molecule has 0 N–H and O–H groups in total. The summed E-state index contributed by atoms with van der Waals surface area (Å²) in [6.45, 7) is 1.32. The number of rotatable bonds is 11. The number of piperazine rings is 2. The smallest absolute Gasteiger partial charge is 0.422 e. The molecule has 3 aliphatic rings. The minimum absolute atomic E-state index is 0. The number of benzene rings is 2. The third-order valence-electron chi connectivity index (χ3n) is 9.74. The van der Waals surface area contributed by atoms with Gasteiger partial charge in [-0.2, -0.15) is 23.1 Å². The Balaban J connectivity index is 0.00000271. The maximum Gasteiger partial charge on any atom is 0.422 e. The van der Waals surface area contributed by atoms with Crippen LogP contribution in [0.1, 0.15) is 57.7 Å². The number of carbonyl (C=O) groups excluding carboxylic acids is 1. The van der Waals surface area contributed by atoms with Crippen molar-refractivity contribution in [1.82, 2.24) is 34.6 Å². The Labute approximate surface area is 318 Å². The highest BCUT2D eigenvalue weighted by Gasteiger charge is 2.44. The number of fused-ring (bicyclic) bond motifs is 1. The molecule has 2 aromatic carbocycles. The summed E-state index contributed by atoms with van der Waals surface area (Å²) < 4.78 is 56.6. The van der Waals surface area contributed by atoms with Crippen molar-refractivity contribution in [2.24, 2.45) is 0 Å². The number of methoxy groups -OCH3 is 2. The standard InChI is InChI=1S/C37H40F3N7O4.2ClH/c1-49-31-18-41-17-29(42-31)36(48)46-15-16-47-27(20-46)19-45(22-30(47)32(24-9-5-3-6-10-24)25-11-7-4-8-12-25)21-28-34(50-2)43-33(26-13-14-26)44-35(28)51-23-37(38,39)40;;/h3-12,17-18,26-27,30,32H,13-16,19-23H2,1-2H3;2*1H. The van der Waals surface area contributed by atoms with Crippen LogP contribution in [0.4, 0.5) is 13.2 Å². The fourth-order valence-electron chi connectivity index (χ4n) is 7.27. The summed E-state index contributed by atoms with van der Waals surface area (Å²) in [6, 6.07) is 20.4. The summed E-state index contributed by atoms with van der Waals surface area (Å²) in [4.78, 5) is 37.8. The Morgan fingerprint density at radius 1 is 0.849 bits per heavy atom. The van der Waals surface area contributed by atoms with Gasteiger partial charge >= 0.3 is 6.18 Å². The molecule has 0 bridgehead atoms. The summed E-state index contributed by atoms with van der Waals surface area (Å²) in [5, 5.41) is 0. The lowest BCUT2D eigenvalue weighted by Gasteiger charge is -2.53. The largest absolute Gasteiger partial charge is 0.481 e. The third-order valence-corrected chi connectivity index (χ3v) is 9.74. The van der Waals surface area contributed by atoms with Gasteiger partial charge in [0.15, 0.2) is 12.3 Å². The number of hydrogen-bond acceptors (Lipinski definition) is 10. The second-order valence-corrected chi connectivity index (χ2v) is 13.2. The van der Waals surface area contributed by atoms with E-state index in [2.05, 4.69) is 54.0 Å². The van der Waals surface area contributed by atoms with Crippen molar-refractivity contribution < 1.29 is 32.2 Å². The molecule has 0 radical (unpaired) electrons. The molecule has 3 fully saturated rings. The van der Waals surface area contributed by atoms with E-state index in [1.165, 1.54) is 26.6 Å². The van der Waals surface area contributed by atoms with Crippen LogP contribution in [-0.2, 0) is 6.54 Å². The summed E-state index contributed by atoms with van der Waals surface area (Å²) >= 11 is 0. The number of ether oxygens (including phenoxy) is 3. The lowest BCUT2D eigenvalue weighted by Crippen LogP contribution is -2.67. The van der Waals surface area contributed by atoms with E-state index in [1.807, 2.05) is 36.4 Å². The molecule has 1 aliphatic carbocycles. The maximum atomic E-state index is 13.7. The van der Waals surface area contributed by atoms with Crippen molar-refractivity contribution >= 4 is 30.7 Å². The highest BCUT2D eigenvalue weighted by atomic mass is 35.5. The molecule has 2 aromatic heterocycles. The second kappa shape index (κ2) is 17.3. The number of carbonyl (C=O) groups is 1. The zero-order valence-corrected chi connectivity index (χ0v) is 30.9. The van der Waals surface area contributed by atoms with Crippen molar-refractivity contribution in [1.29, 1.82) is 0 Å². The van der Waals surface area contributed by atoms with Crippen LogP contribution in [0.5, 0.6) is 17.6 Å². The normalized spacial score (nSPS) is 19.1. The number of alkyl halides is 3. The molecule has 2 aliphatic heterocycles. The molecule has 7 rings (SSSR count). The highest BCUT2D eigenvalue weighted by Crippen LogP contribution is 2.42. The van der Waals surface area contributed by atoms with Gasteiger partial charge in [0.25, 0.3) is 5.91 Å². The topological polar surface area (TPSA) is 106 Å². The monoisotopic (exact) mass is 775 g/mol. The first kappa shape index (κ1) is 40.0. The van der Waals surface area contributed by atoms with Gasteiger partial charge in [0, 0.05) is 63.2 Å². The summed E-state index contributed by atoms with van der Waals surface area (Å²) in [5.41, 5.74) is 2.85. The van der Waals surface area contributed by atoms with Gasteiger partial charge in [-0.25, -0.2) is 4.98 Å². The van der Waals surface area contributed by atoms with Crippen molar-refractivity contribution in [3.63, 3.8) is 0 Å². The Kier molecular flexibility index (Phi) is 13.0. The second-order valence-electron chi connectivity index (χ2n) is 13.2. The lowest BCUT2D eigenvalue weighted by molar-refractivity contribution is -0.154. The van der Waals surface area contributed by atoms with Crippen molar-refractivity contribution in [3.8, 4) is 17.6 Å². The van der Waals surface area contributed by atoms with Crippen LogP contribution in [0.2, 0.25) is 0 Å². The first-order chi connectivity index (χ1) is 24.7. The lowest BCUT2D eigenvalue weighted by atomic mass is 9.81. The van der Waals surface area contributed by atoms with E-state index in [0.29, 0.717) is 44.1 Å². The molecule has 284 valence electrons. The number of halogens is 5. The zero-order chi connectivity index (χ0) is 35.5. The number of hydrogen-bond donors (Lipinski definition) is 0. The van der Waals surface area contributed by atoms with Crippen LogP contribution in [0.15, 0.2) is 73.1 Å². The van der Waals surface area contributed by atoms with Gasteiger partial charge in [0.2, 0.25) is 17.6 Å². The number of amides is 1. The zero-order valence-electron chi connectivity index (χ0n) is 29.3. The van der Waals surface area contributed by atoms with Crippen molar-refractivity contribution in [2.75, 3.05) is 53.6 Å². The van der Waals surface area contributed by atoms with Crippen LogP contribution in [0.25, 0.3) is 0 Å². The fourth-order valence-corrected chi connectivity index (χ4v) is 7.27. The SMILES string of the molecule is COc1cncc(C(=O)N2CCN3C(CN(Cc4c(OC)nc(C5CC5)nc4OCC(F)(F)F)CC3C(c3ccccc3)c3ccccc3)C2)n1.Cl.Cl. The number of nitrogens with zero attached hydrogens (tertiary/aromatic N) is 7. The van der Waals surface area contributed by atoms with Gasteiger partial charge in [-0.1, -0.05) is 60.7 Å². The quantitative estimate of drug-likeness (QED) is 0.186. The van der Waals surface area contributed by atoms with E-state index in [-0.39, 0.29) is 84.5 Å². The van der Waals surface area contributed by atoms with Crippen LogP contribution in [0, 0.1) is 0 Å². The van der Waals surface area contributed by atoms with E-state index in [0.717, 1.165) is 24.0 Å². The number of aromatic nitrogens is 4. The fraction of sp³-hybridized carbons (Fsp3) is 0.432. The van der Waals surface area contributed by atoms with Crippen LogP contribution in [0.3, 0.4) is 0 Å². The van der Waals surface area contributed by atoms with E-state index >= 15 is 0 Å². The molecule has 1 amide bonds. The van der Waals surface area contributed by atoms with Gasteiger partial charge in [-0.15, -0.1) is 24.8 Å². The molecule has 2 unspecified atom stereocenters. The summed E-state index contributed by atoms with van der Waals surface area (Å²) in [6.07, 6.45) is 0.0737. The average molecular weight is 777 g/mol. The van der Waals surface area contributed by atoms with Gasteiger partial charge in [-0.3, -0.25) is 19.6 Å². The molecule has 2 atom stereocenters. The Bertz CT molecular complexity index is 1790. The molecule has 11 nitrogen and oxygen atoms in total. The molecular formula is C37H42Cl2F3N7O4. The average Bonchev–Trinajstić information content (AvgIpc) is 4.00. The summed E-state index contributed by atoms with van der Waals surface area (Å²) in [5.74, 6) is 0.579. The van der Waals surface area contributed by atoms with Crippen LogP contribution >= 0.6 is 24.8 Å². The highest BCUT2D eigenvalue weighted by molar-refractivity contribution is 5.92. The molecule has 4 aromatic rings. The first-order valence-corrected chi connectivity index (χ1v) is 17.1. The molecular weight excluding hydrogens is 734 g/mol. The minimum Gasteiger partial charge on any atom is -0.481 e. The van der Waals surface area contributed by atoms with E-state index in [9.17, 15) is 18.0 Å². The van der Waals surface area contributed by atoms with Gasteiger partial charge < -0.3 is 19.1 Å². The van der Waals surface area contributed by atoms with E-state index in [4.69, 9.17) is 14.2 Å². The van der Waals surface area contributed by atoms with Crippen LogP contribution < -0.4 is 14.2 Å². The molecule has 16 heteroatoms. The molecule has 0 spiro atoms. The summed E-state index contributed by atoms with van der Waals surface area (Å²) in [7, 11) is 2.94. The van der Waals surface area contributed by atoms with Gasteiger partial charge in [0.05, 0.1) is 32.2 Å². The Hall–Kier alpha value is -4.24. The molecule has 53 heavy (non-hydrogen) atoms. The van der Waals surface area contributed by atoms with Crippen molar-refractivity contribution in [3.05, 3.63) is 101 Å². The Morgan fingerprint density at radius 2 is 1.51 bits per heavy atom.